The number of fused-ring (bicyclic) bond motifs is 5. The first-order chi connectivity index (χ1) is 14.6. The zero-order valence-electron chi connectivity index (χ0n) is 21.9. The molecule has 0 radical (unpaired) electrons. The van der Waals surface area contributed by atoms with E-state index in [1.807, 2.05) is 0 Å². The highest BCUT2D eigenvalue weighted by molar-refractivity contribution is 5.25. The molecule has 0 amide bonds. The number of ether oxygens (including phenoxy) is 1. The Labute approximate surface area is 194 Å². The molecule has 31 heavy (non-hydrogen) atoms. The maximum absolute atomic E-state index is 6.25. The van der Waals surface area contributed by atoms with Crippen LogP contribution in [0.5, 0.6) is 0 Å². The summed E-state index contributed by atoms with van der Waals surface area (Å²) >= 11 is 0. The molecule has 1 nitrogen and oxygen atoms in total. The van der Waals surface area contributed by atoms with E-state index in [4.69, 9.17) is 4.74 Å². The van der Waals surface area contributed by atoms with Crippen LogP contribution in [-0.2, 0) is 4.74 Å². The van der Waals surface area contributed by atoms with Crippen LogP contribution in [0.4, 0.5) is 0 Å². The Hall–Kier alpha value is -0.300. The molecule has 8 atom stereocenters. The maximum atomic E-state index is 6.25. The fourth-order valence-corrected chi connectivity index (χ4v) is 9.15. The minimum absolute atomic E-state index is 0.361. The van der Waals surface area contributed by atoms with Gasteiger partial charge in [0.05, 0.1) is 12.2 Å². The molecule has 0 spiro atoms. The normalized spacial score (nSPS) is 43.4. The van der Waals surface area contributed by atoms with Crippen LogP contribution in [-0.4, -0.2) is 12.2 Å². The van der Waals surface area contributed by atoms with Crippen molar-refractivity contribution in [2.24, 2.45) is 46.3 Å². The van der Waals surface area contributed by atoms with Crippen molar-refractivity contribution in [3.63, 3.8) is 0 Å². The molecule has 0 aromatic rings. The number of hydrogen-bond acceptors (Lipinski definition) is 1. The zero-order chi connectivity index (χ0) is 22.4. The molecule has 3 saturated carbocycles. The Balaban J connectivity index is 1.46. The van der Waals surface area contributed by atoms with Crippen molar-refractivity contribution in [1.82, 2.24) is 0 Å². The van der Waals surface area contributed by atoms with E-state index >= 15 is 0 Å². The number of hydrogen-bond donors (Lipinski definition) is 0. The Kier molecular flexibility index (Phi) is 7.04. The molecule has 7 unspecified atom stereocenters. The molecule has 0 aromatic heterocycles. The Morgan fingerprint density at radius 1 is 0.935 bits per heavy atom. The summed E-state index contributed by atoms with van der Waals surface area (Å²) in [6.07, 6.45) is 19.0. The molecule has 0 N–H and O–H groups in total. The molecule has 0 saturated heterocycles. The highest BCUT2D eigenvalue weighted by Gasteiger charge is 2.59. The second-order valence-corrected chi connectivity index (χ2v) is 13.3. The first-order valence-electron chi connectivity index (χ1n) is 14.0. The Morgan fingerprint density at radius 2 is 1.71 bits per heavy atom. The van der Waals surface area contributed by atoms with Crippen molar-refractivity contribution in [3.8, 4) is 0 Å². The van der Waals surface area contributed by atoms with E-state index in [0.717, 1.165) is 35.5 Å². The van der Waals surface area contributed by atoms with Crippen LogP contribution in [0.3, 0.4) is 0 Å². The molecule has 4 rings (SSSR count). The SMILES string of the molecule is CC(C)CCCC(C)C1CCC2C3CC=C4CC(OC(C)C)CCC4(C)C3CC[C@]12C. The first-order valence-corrected chi connectivity index (χ1v) is 14.0. The largest absolute Gasteiger partial charge is 0.375 e. The van der Waals surface area contributed by atoms with Crippen molar-refractivity contribution in [1.29, 1.82) is 0 Å². The summed E-state index contributed by atoms with van der Waals surface area (Å²) in [4.78, 5) is 0. The van der Waals surface area contributed by atoms with E-state index in [-0.39, 0.29) is 0 Å². The second-order valence-electron chi connectivity index (χ2n) is 13.3. The molecular weight excluding hydrogens is 376 g/mol. The molecule has 3 fully saturated rings. The van der Waals surface area contributed by atoms with E-state index in [1.54, 1.807) is 5.57 Å². The average molecular weight is 429 g/mol. The minimum Gasteiger partial charge on any atom is -0.375 e. The van der Waals surface area contributed by atoms with Gasteiger partial charge in [0.2, 0.25) is 0 Å². The lowest BCUT2D eigenvalue weighted by Crippen LogP contribution is -2.51. The summed E-state index contributed by atoms with van der Waals surface area (Å²) in [6, 6.07) is 0. The van der Waals surface area contributed by atoms with Gasteiger partial charge in [-0.1, -0.05) is 65.5 Å². The predicted molar refractivity (Wildman–Crippen MR) is 133 cm³/mol. The fraction of sp³-hybridized carbons (Fsp3) is 0.933. The number of rotatable bonds is 7. The monoisotopic (exact) mass is 428 g/mol. The lowest BCUT2D eigenvalue weighted by atomic mass is 9.47. The van der Waals surface area contributed by atoms with Crippen molar-refractivity contribution in [2.45, 2.75) is 131 Å². The lowest BCUT2D eigenvalue weighted by Gasteiger charge is -2.58. The van der Waals surface area contributed by atoms with Gasteiger partial charge in [-0.15, -0.1) is 0 Å². The first kappa shape index (κ1) is 23.8. The maximum Gasteiger partial charge on any atom is 0.0616 e. The molecule has 0 aromatic carbocycles. The van der Waals surface area contributed by atoms with Gasteiger partial charge in [-0.25, -0.2) is 0 Å². The topological polar surface area (TPSA) is 9.23 Å². The Bertz CT molecular complexity index is 647. The predicted octanol–water partition coefficient (Wildman–Crippen LogP) is 8.82. The summed E-state index contributed by atoms with van der Waals surface area (Å²) in [6.45, 7) is 17.1. The van der Waals surface area contributed by atoms with Crippen LogP contribution >= 0.6 is 0 Å². The average Bonchev–Trinajstić information content (AvgIpc) is 3.05. The van der Waals surface area contributed by atoms with Crippen LogP contribution in [0.15, 0.2) is 11.6 Å². The van der Waals surface area contributed by atoms with E-state index < -0.39 is 0 Å². The summed E-state index contributed by atoms with van der Waals surface area (Å²) in [5, 5.41) is 0. The molecule has 4 aliphatic carbocycles. The molecule has 4 aliphatic rings. The van der Waals surface area contributed by atoms with Crippen LogP contribution in [0.1, 0.15) is 119 Å². The molecule has 0 heterocycles. The van der Waals surface area contributed by atoms with E-state index in [9.17, 15) is 0 Å². The van der Waals surface area contributed by atoms with Gasteiger partial charge in [0, 0.05) is 0 Å². The standard InChI is InChI=1S/C30H52O/c1-20(2)9-8-10-22(5)26-13-14-27-25-12-11-23-19-24(31-21(3)4)15-17-29(23,6)28(25)16-18-30(26,27)7/h11,20-22,24-28H,8-10,12-19H2,1-7H3/t22?,24?,25?,26?,27?,28?,29?,30-/m1/s1. The van der Waals surface area contributed by atoms with Crippen molar-refractivity contribution < 1.29 is 4.74 Å². The number of allylic oxidation sites excluding steroid dienone is 1. The summed E-state index contributed by atoms with van der Waals surface area (Å²) in [5.41, 5.74) is 2.84. The summed E-state index contributed by atoms with van der Waals surface area (Å²) < 4.78 is 6.25. The van der Waals surface area contributed by atoms with Gasteiger partial charge < -0.3 is 4.74 Å². The van der Waals surface area contributed by atoms with Crippen LogP contribution < -0.4 is 0 Å². The molecule has 0 aliphatic heterocycles. The van der Waals surface area contributed by atoms with E-state index in [0.29, 0.717) is 23.0 Å². The lowest BCUT2D eigenvalue weighted by molar-refractivity contribution is -0.0707. The quantitative estimate of drug-likeness (QED) is 0.368. The van der Waals surface area contributed by atoms with Gasteiger partial charge >= 0.3 is 0 Å². The zero-order valence-corrected chi connectivity index (χ0v) is 21.9. The van der Waals surface area contributed by atoms with Gasteiger partial charge in [-0.3, -0.25) is 0 Å². The van der Waals surface area contributed by atoms with Crippen molar-refractivity contribution in [2.75, 3.05) is 0 Å². The van der Waals surface area contributed by atoms with Crippen molar-refractivity contribution >= 4 is 0 Å². The minimum atomic E-state index is 0.361. The highest BCUT2D eigenvalue weighted by atomic mass is 16.5. The second kappa shape index (κ2) is 9.15. The third kappa shape index (κ3) is 4.43. The molecule has 1 heteroatoms. The van der Waals surface area contributed by atoms with Gasteiger partial charge in [-0.2, -0.15) is 0 Å². The summed E-state index contributed by atoms with van der Waals surface area (Å²) in [5.74, 6) is 5.60. The van der Waals surface area contributed by atoms with Gasteiger partial charge in [-0.05, 0) is 112 Å². The smallest absolute Gasteiger partial charge is 0.0616 e. The van der Waals surface area contributed by atoms with Gasteiger partial charge in [0.25, 0.3) is 0 Å². The molecule has 178 valence electrons. The Morgan fingerprint density at radius 3 is 2.42 bits per heavy atom. The third-order valence-corrected chi connectivity index (χ3v) is 10.7. The van der Waals surface area contributed by atoms with E-state index in [2.05, 4.69) is 54.5 Å². The third-order valence-electron chi connectivity index (χ3n) is 10.7. The summed E-state index contributed by atoms with van der Waals surface area (Å²) in [7, 11) is 0. The molecular formula is C30H52O. The van der Waals surface area contributed by atoms with Crippen molar-refractivity contribution in [3.05, 3.63) is 11.6 Å². The van der Waals surface area contributed by atoms with Crippen LogP contribution in [0, 0.1) is 46.3 Å². The van der Waals surface area contributed by atoms with Crippen LogP contribution in [0.2, 0.25) is 0 Å². The van der Waals surface area contributed by atoms with Crippen LogP contribution in [0.25, 0.3) is 0 Å². The van der Waals surface area contributed by atoms with Gasteiger partial charge in [0.1, 0.15) is 0 Å². The van der Waals surface area contributed by atoms with Gasteiger partial charge in [0.15, 0.2) is 0 Å². The highest BCUT2D eigenvalue weighted by Crippen LogP contribution is 2.67. The molecule has 0 bridgehead atoms. The fourth-order valence-electron chi connectivity index (χ4n) is 9.15. The van der Waals surface area contributed by atoms with E-state index in [1.165, 1.54) is 70.6 Å².